The Bertz CT molecular complexity index is 714. The molecule has 21 heavy (non-hydrogen) atoms. The molecule has 0 aliphatic rings. The molecule has 0 bridgehead atoms. The third-order valence-electron chi connectivity index (χ3n) is 3.15. The van der Waals surface area contributed by atoms with E-state index in [0.717, 1.165) is 26.9 Å². The molecule has 0 spiro atoms. The van der Waals surface area contributed by atoms with Crippen molar-refractivity contribution in [3.8, 4) is 16.9 Å². The van der Waals surface area contributed by atoms with E-state index in [1.807, 2.05) is 48.7 Å². The van der Waals surface area contributed by atoms with Gasteiger partial charge in [0.25, 0.3) is 0 Å². The van der Waals surface area contributed by atoms with E-state index in [4.69, 9.17) is 4.74 Å². The molecular weight excluding hydrogens is 326 g/mol. The van der Waals surface area contributed by atoms with Crippen molar-refractivity contribution in [2.45, 2.75) is 6.61 Å². The van der Waals surface area contributed by atoms with Crippen molar-refractivity contribution in [1.29, 1.82) is 0 Å². The van der Waals surface area contributed by atoms with Gasteiger partial charge in [0.1, 0.15) is 12.4 Å². The van der Waals surface area contributed by atoms with Crippen LogP contribution in [0.1, 0.15) is 5.56 Å². The Morgan fingerprint density at radius 2 is 1.81 bits per heavy atom. The van der Waals surface area contributed by atoms with E-state index in [1.54, 1.807) is 6.20 Å². The smallest absolute Gasteiger partial charge is 0.127 e. The molecule has 0 aliphatic heterocycles. The number of aromatic nitrogens is 1. The number of ether oxygens (including phenoxy) is 1. The molecule has 104 valence electrons. The van der Waals surface area contributed by atoms with Gasteiger partial charge in [0.15, 0.2) is 0 Å². The Kier molecular flexibility index (Phi) is 4.31. The van der Waals surface area contributed by atoms with Crippen molar-refractivity contribution in [1.82, 2.24) is 4.98 Å². The fraction of sp³-hybridized carbons (Fsp3) is 0.0556. The summed E-state index contributed by atoms with van der Waals surface area (Å²) in [4.78, 5) is 4.18. The van der Waals surface area contributed by atoms with Crippen LogP contribution in [-0.4, -0.2) is 4.98 Å². The van der Waals surface area contributed by atoms with Gasteiger partial charge in [0.2, 0.25) is 0 Å². The lowest BCUT2D eigenvalue weighted by atomic mass is 10.1. The topological polar surface area (TPSA) is 22.1 Å². The van der Waals surface area contributed by atoms with Crippen LogP contribution in [0.15, 0.2) is 77.5 Å². The van der Waals surface area contributed by atoms with Crippen molar-refractivity contribution in [3.05, 3.63) is 83.1 Å². The molecule has 1 heterocycles. The Balaban J connectivity index is 1.88. The highest BCUT2D eigenvalue weighted by atomic mass is 79.9. The van der Waals surface area contributed by atoms with Crippen LogP contribution >= 0.6 is 15.9 Å². The first-order chi connectivity index (χ1) is 10.3. The van der Waals surface area contributed by atoms with Crippen LogP contribution in [0.25, 0.3) is 11.1 Å². The van der Waals surface area contributed by atoms with E-state index in [0.29, 0.717) is 6.61 Å². The molecule has 2 aromatic carbocycles. The molecule has 3 rings (SSSR count). The average molecular weight is 340 g/mol. The van der Waals surface area contributed by atoms with Gasteiger partial charge in [-0.15, -0.1) is 0 Å². The summed E-state index contributed by atoms with van der Waals surface area (Å²) in [6, 6.07) is 20.1. The summed E-state index contributed by atoms with van der Waals surface area (Å²) < 4.78 is 7.01. The van der Waals surface area contributed by atoms with Crippen LogP contribution in [0, 0.1) is 0 Å². The predicted molar refractivity (Wildman–Crippen MR) is 88.1 cm³/mol. The minimum Gasteiger partial charge on any atom is -0.488 e. The molecule has 0 saturated carbocycles. The third-order valence-corrected chi connectivity index (χ3v) is 3.64. The molecule has 0 fully saturated rings. The van der Waals surface area contributed by atoms with E-state index in [-0.39, 0.29) is 0 Å². The Morgan fingerprint density at radius 3 is 2.57 bits per heavy atom. The largest absolute Gasteiger partial charge is 0.488 e. The molecule has 0 atom stereocenters. The zero-order valence-electron chi connectivity index (χ0n) is 11.4. The normalized spacial score (nSPS) is 10.3. The van der Waals surface area contributed by atoms with Gasteiger partial charge in [-0.2, -0.15) is 0 Å². The first kappa shape index (κ1) is 13.8. The number of nitrogens with zero attached hydrogens (tertiary/aromatic N) is 1. The zero-order chi connectivity index (χ0) is 14.5. The first-order valence-corrected chi connectivity index (χ1v) is 7.49. The highest BCUT2D eigenvalue weighted by molar-refractivity contribution is 9.10. The van der Waals surface area contributed by atoms with Gasteiger partial charge < -0.3 is 4.74 Å². The fourth-order valence-electron chi connectivity index (χ4n) is 2.11. The van der Waals surface area contributed by atoms with Crippen LogP contribution in [-0.2, 0) is 6.61 Å². The average Bonchev–Trinajstić information content (AvgIpc) is 2.55. The van der Waals surface area contributed by atoms with Crippen LogP contribution in [0.3, 0.4) is 0 Å². The maximum Gasteiger partial charge on any atom is 0.127 e. The van der Waals surface area contributed by atoms with Crippen LogP contribution in [0.5, 0.6) is 5.75 Å². The molecule has 1 aromatic heterocycles. The fourth-order valence-corrected chi connectivity index (χ4v) is 2.47. The number of hydrogen-bond acceptors (Lipinski definition) is 2. The number of hydrogen-bond donors (Lipinski definition) is 0. The SMILES string of the molecule is Brc1ccc(OCc2ccccc2)c(-c2cccnc2)c1. The molecule has 3 heteroatoms. The minimum absolute atomic E-state index is 0.551. The van der Waals surface area contributed by atoms with Crippen LogP contribution in [0.2, 0.25) is 0 Å². The lowest BCUT2D eigenvalue weighted by Crippen LogP contribution is -1.97. The maximum absolute atomic E-state index is 5.98. The summed E-state index contributed by atoms with van der Waals surface area (Å²) in [7, 11) is 0. The standard InChI is InChI=1S/C18H14BrNO/c19-16-8-9-18(21-13-14-5-2-1-3-6-14)17(11-16)15-7-4-10-20-12-15/h1-12H,13H2. The third kappa shape index (κ3) is 3.50. The van der Waals surface area contributed by atoms with E-state index in [2.05, 4.69) is 39.1 Å². The molecule has 0 N–H and O–H groups in total. The van der Waals surface area contributed by atoms with Crippen molar-refractivity contribution in [3.63, 3.8) is 0 Å². The van der Waals surface area contributed by atoms with Crippen molar-refractivity contribution in [2.75, 3.05) is 0 Å². The van der Waals surface area contributed by atoms with Gasteiger partial charge in [0.05, 0.1) is 0 Å². The molecule has 2 nitrogen and oxygen atoms in total. The van der Waals surface area contributed by atoms with Gasteiger partial charge >= 0.3 is 0 Å². The zero-order valence-corrected chi connectivity index (χ0v) is 13.0. The highest BCUT2D eigenvalue weighted by Crippen LogP contribution is 2.32. The second-order valence-corrected chi connectivity index (χ2v) is 5.57. The molecule has 3 aromatic rings. The van der Waals surface area contributed by atoms with E-state index >= 15 is 0 Å². The van der Waals surface area contributed by atoms with Gasteiger partial charge in [-0.05, 0) is 29.8 Å². The summed E-state index contributed by atoms with van der Waals surface area (Å²) in [6.07, 6.45) is 3.61. The Morgan fingerprint density at radius 1 is 0.952 bits per heavy atom. The first-order valence-electron chi connectivity index (χ1n) is 6.69. The van der Waals surface area contributed by atoms with Crippen molar-refractivity contribution < 1.29 is 4.74 Å². The number of pyridine rings is 1. The lowest BCUT2D eigenvalue weighted by molar-refractivity contribution is 0.307. The molecule has 0 saturated heterocycles. The number of benzene rings is 2. The van der Waals surface area contributed by atoms with Crippen LogP contribution in [0.4, 0.5) is 0 Å². The van der Waals surface area contributed by atoms with E-state index < -0.39 is 0 Å². The van der Waals surface area contributed by atoms with Crippen molar-refractivity contribution >= 4 is 15.9 Å². The number of rotatable bonds is 4. The predicted octanol–water partition coefficient (Wildman–Crippen LogP) is 5.09. The van der Waals surface area contributed by atoms with Crippen molar-refractivity contribution in [2.24, 2.45) is 0 Å². The Labute approximate surface area is 132 Å². The van der Waals surface area contributed by atoms with Gasteiger partial charge in [0, 0.05) is 28.0 Å². The summed E-state index contributed by atoms with van der Waals surface area (Å²) >= 11 is 3.51. The summed E-state index contributed by atoms with van der Waals surface area (Å²) in [5.41, 5.74) is 3.23. The van der Waals surface area contributed by atoms with Crippen LogP contribution < -0.4 is 4.74 Å². The molecular formula is C18H14BrNO. The monoisotopic (exact) mass is 339 g/mol. The lowest BCUT2D eigenvalue weighted by Gasteiger charge is -2.12. The number of halogens is 1. The van der Waals surface area contributed by atoms with E-state index in [1.165, 1.54) is 0 Å². The summed E-state index contributed by atoms with van der Waals surface area (Å²) in [5.74, 6) is 0.857. The van der Waals surface area contributed by atoms with Gasteiger partial charge in [-0.3, -0.25) is 4.98 Å². The molecule has 0 aliphatic carbocycles. The van der Waals surface area contributed by atoms with E-state index in [9.17, 15) is 0 Å². The second-order valence-electron chi connectivity index (χ2n) is 4.66. The van der Waals surface area contributed by atoms with Gasteiger partial charge in [-0.1, -0.05) is 52.3 Å². The second kappa shape index (κ2) is 6.55. The molecule has 0 radical (unpaired) electrons. The molecule has 0 unspecified atom stereocenters. The maximum atomic E-state index is 5.98. The summed E-state index contributed by atoms with van der Waals surface area (Å²) in [6.45, 7) is 0.551. The summed E-state index contributed by atoms with van der Waals surface area (Å²) in [5, 5.41) is 0. The molecule has 0 amide bonds. The van der Waals surface area contributed by atoms with Gasteiger partial charge in [-0.25, -0.2) is 0 Å². The highest BCUT2D eigenvalue weighted by Gasteiger charge is 2.07. The quantitative estimate of drug-likeness (QED) is 0.660. The minimum atomic E-state index is 0.551. The Hall–Kier alpha value is -2.13.